The first kappa shape index (κ1) is 21.5. The van der Waals surface area contributed by atoms with Crippen molar-refractivity contribution in [2.24, 2.45) is 4.99 Å². The van der Waals surface area contributed by atoms with Crippen molar-refractivity contribution in [1.29, 1.82) is 0 Å². The number of aliphatic imine (C=N–C) groups is 1. The number of hydrogen-bond donors (Lipinski definition) is 2. The van der Waals surface area contributed by atoms with E-state index in [1.54, 1.807) is 4.90 Å². The zero-order chi connectivity index (χ0) is 18.1. The molecular weight excluding hydrogens is 447 g/mol. The summed E-state index contributed by atoms with van der Waals surface area (Å²) in [4.78, 5) is 20.9. The van der Waals surface area contributed by atoms with Crippen LogP contribution in [0.1, 0.15) is 52.9 Å². The van der Waals surface area contributed by atoms with E-state index in [4.69, 9.17) is 4.74 Å². The standard InChI is InChI=1S/C18H32N4O3.HI/c1-17(2,3)25-16(23)21-9-10-22-14(12-21)11-19-15(22)20-13-18(24)7-5-4-6-8-18;/h14,24H,4-13H2,1-3H3,(H,19,20);1H. The zero-order valence-corrected chi connectivity index (χ0v) is 18.5. The molecule has 0 aromatic heterocycles. The average Bonchev–Trinajstić information content (AvgIpc) is 2.94. The van der Waals surface area contributed by atoms with Crippen molar-refractivity contribution in [1.82, 2.24) is 15.1 Å². The Balaban J connectivity index is 0.00000243. The molecule has 2 N–H and O–H groups in total. The van der Waals surface area contributed by atoms with Gasteiger partial charge < -0.3 is 25.0 Å². The number of guanidine groups is 1. The number of halogens is 1. The molecule has 150 valence electrons. The third-order valence-electron chi connectivity index (χ3n) is 5.22. The monoisotopic (exact) mass is 480 g/mol. The fourth-order valence-electron chi connectivity index (χ4n) is 3.85. The van der Waals surface area contributed by atoms with Gasteiger partial charge in [0.1, 0.15) is 5.60 Å². The van der Waals surface area contributed by atoms with Crippen LogP contribution in [0.25, 0.3) is 0 Å². The highest BCUT2D eigenvalue weighted by atomic mass is 127. The lowest BCUT2D eigenvalue weighted by Gasteiger charge is -2.40. The fraction of sp³-hybridized carbons (Fsp3) is 0.889. The number of carbonyl (C=O) groups excluding carboxylic acids is 1. The number of hydrogen-bond acceptors (Lipinski definition) is 6. The molecule has 1 atom stereocenters. The van der Waals surface area contributed by atoms with E-state index in [0.717, 1.165) is 38.2 Å². The van der Waals surface area contributed by atoms with Crippen molar-refractivity contribution in [2.75, 3.05) is 32.7 Å². The van der Waals surface area contributed by atoms with Crippen LogP contribution in [0.3, 0.4) is 0 Å². The largest absolute Gasteiger partial charge is 0.444 e. The average molecular weight is 480 g/mol. The predicted molar refractivity (Wildman–Crippen MR) is 112 cm³/mol. The minimum absolute atomic E-state index is 0. The van der Waals surface area contributed by atoms with Crippen LogP contribution in [0, 0.1) is 0 Å². The first-order valence-electron chi connectivity index (χ1n) is 9.51. The van der Waals surface area contributed by atoms with Crippen LogP contribution in [0.2, 0.25) is 0 Å². The van der Waals surface area contributed by atoms with E-state index in [1.165, 1.54) is 6.42 Å². The molecule has 0 aromatic carbocycles. The maximum atomic E-state index is 12.3. The molecule has 0 spiro atoms. The maximum Gasteiger partial charge on any atom is 0.410 e. The molecule has 0 bridgehead atoms. The van der Waals surface area contributed by atoms with Gasteiger partial charge in [-0.05, 0) is 33.6 Å². The number of nitrogens with zero attached hydrogens (tertiary/aromatic N) is 3. The van der Waals surface area contributed by atoms with Gasteiger partial charge in [0.15, 0.2) is 5.96 Å². The summed E-state index contributed by atoms with van der Waals surface area (Å²) >= 11 is 0. The van der Waals surface area contributed by atoms with Gasteiger partial charge in [-0.25, -0.2) is 4.79 Å². The molecule has 0 aromatic rings. The molecule has 1 aliphatic carbocycles. The van der Waals surface area contributed by atoms with Crippen LogP contribution < -0.4 is 5.32 Å². The van der Waals surface area contributed by atoms with Gasteiger partial charge in [0.2, 0.25) is 0 Å². The lowest BCUT2D eigenvalue weighted by atomic mass is 9.85. The first-order chi connectivity index (χ1) is 11.8. The van der Waals surface area contributed by atoms with Crippen LogP contribution in [0.5, 0.6) is 0 Å². The Bertz CT molecular complexity index is 529. The Labute approximate surface area is 173 Å². The van der Waals surface area contributed by atoms with Gasteiger partial charge in [0, 0.05) is 26.2 Å². The van der Waals surface area contributed by atoms with E-state index in [1.807, 2.05) is 20.8 Å². The molecule has 7 nitrogen and oxygen atoms in total. The molecule has 1 amide bonds. The molecule has 2 heterocycles. The summed E-state index contributed by atoms with van der Waals surface area (Å²) in [5.74, 6) is 0.868. The molecule has 1 unspecified atom stereocenters. The summed E-state index contributed by atoms with van der Waals surface area (Å²) in [5.41, 5.74) is -1.07. The van der Waals surface area contributed by atoms with Crippen molar-refractivity contribution in [2.45, 2.75) is 70.1 Å². The Kier molecular flexibility index (Phi) is 7.04. The normalized spacial score (nSPS) is 25.1. The van der Waals surface area contributed by atoms with E-state index in [0.29, 0.717) is 26.2 Å². The molecule has 1 saturated heterocycles. The van der Waals surface area contributed by atoms with Crippen LogP contribution in [-0.4, -0.2) is 76.9 Å². The van der Waals surface area contributed by atoms with E-state index in [-0.39, 0.29) is 36.1 Å². The van der Waals surface area contributed by atoms with Gasteiger partial charge in [-0.2, -0.15) is 0 Å². The van der Waals surface area contributed by atoms with Crippen molar-refractivity contribution < 1.29 is 14.6 Å². The molecule has 1 saturated carbocycles. The minimum atomic E-state index is -0.600. The number of carbonyl (C=O) groups is 1. The highest BCUT2D eigenvalue weighted by molar-refractivity contribution is 14.0. The Hall–Kier alpha value is -0.770. The molecule has 3 aliphatic rings. The van der Waals surface area contributed by atoms with Gasteiger partial charge in [-0.1, -0.05) is 19.3 Å². The molecule has 0 radical (unpaired) electrons. The number of ether oxygens (including phenoxy) is 1. The lowest BCUT2D eigenvalue weighted by molar-refractivity contribution is 0.00696. The number of nitrogens with one attached hydrogen (secondary N) is 1. The van der Waals surface area contributed by atoms with E-state index >= 15 is 0 Å². The summed E-state index contributed by atoms with van der Waals surface area (Å²) in [7, 11) is 0. The number of aliphatic hydroxyl groups is 1. The van der Waals surface area contributed by atoms with E-state index in [9.17, 15) is 9.90 Å². The molecule has 2 fully saturated rings. The van der Waals surface area contributed by atoms with Gasteiger partial charge in [-0.3, -0.25) is 4.99 Å². The third kappa shape index (κ3) is 5.37. The predicted octanol–water partition coefficient (Wildman–Crippen LogP) is 2.18. The van der Waals surface area contributed by atoms with Crippen LogP contribution in [-0.2, 0) is 4.74 Å². The SMILES string of the molecule is CC(C)(C)OC(=O)N1CCN2C(NCC3(O)CCCCC3)=NCC2C1.I. The highest BCUT2D eigenvalue weighted by Crippen LogP contribution is 2.27. The molecule has 3 rings (SSSR count). The highest BCUT2D eigenvalue weighted by Gasteiger charge is 2.37. The maximum absolute atomic E-state index is 12.3. The van der Waals surface area contributed by atoms with E-state index < -0.39 is 11.2 Å². The minimum Gasteiger partial charge on any atom is -0.444 e. The van der Waals surface area contributed by atoms with Gasteiger partial charge in [0.25, 0.3) is 0 Å². The number of amides is 1. The third-order valence-corrected chi connectivity index (χ3v) is 5.22. The van der Waals surface area contributed by atoms with Crippen molar-refractivity contribution >= 4 is 36.0 Å². The summed E-state index contributed by atoms with van der Waals surface area (Å²) in [6, 6.07) is 0.199. The van der Waals surface area contributed by atoms with Crippen LogP contribution >= 0.6 is 24.0 Å². The molecule has 8 heteroatoms. The summed E-state index contributed by atoms with van der Waals surface area (Å²) < 4.78 is 5.47. The van der Waals surface area contributed by atoms with E-state index in [2.05, 4.69) is 15.2 Å². The van der Waals surface area contributed by atoms with Gasteiger partial charge in [-0.15, -0.1) is 24.0 Å². The van der Waals surface area contributed by atoms with Gasteiger partial charge in [0.05, 0.1) is 18.2 Å². The smallest absolute Gasteiger partial charge is 0.410 e. The second-order valence-electron chi connectivity index (χ2n) is 8.58. The summed E-state index contributed by atoms with van der Waals surface area (Å²) in [6.45, 7) is 8.91. The van der Waals surface area contributed by atoms with Crippen LogP contribution in [0.15, 0.2) is 4.99 Å². The van der Waals surface area contributed by atoms with Crippen molar-refractivity contribution in [3.05, 3.63) is 0 Å². The summed E-state index contributed by atoms with van der Waals surface area (Å²) in [5, 5.41) is 14.0. The number of fused-ring (bicyclic) bond motifs is 1. The van der Waals surface area contributed by atoms with Gasteiger partial charge >= 0.3 is 6.09 Å². The topological polar surface area (TPSA) is 77.4 Å². The first-order valence-corrected chi connectivity index (χ1v) is 9.51. The number of rotatable bonds is 2. The Morgan fingerprint density at radius 3 is 2.65 bits per heavy atom. The zero-order valence-electron chi connectivity index (χ0n) is 16.2. The quantitative estimate of drug-likeness (QED) is 0.593. The molecule has 26 heavy (non-hydrogen) atoms. The lowest BCUT2D eigenvalue weighted by Crippen LogP contribution is -2.58. The summed E-state index contributed by atoms with van der Waals surface area (Å²) in [6.07, 6.45) is 4.90. The fourth-order valence-corrected chi connectivity index (χ4v) is 3.85. The van der Waals surface area contributed by atoms with Crippen LogP contribution in [0.4, 0.5) is 4.79 Å². The number of piperazine rings is 1. The van der Waals surface area contributed by atoms with Crippen molar-refractivity contribution in [3.8, 4) is 0 Å². The second kappa shape index (κ2) is 8.50. The Morgan fingerprint density at radius 1 is 1.31 bits per heavy atom. The second-order valence-corrected chi connectivity index (χ2v) is 8.58. The van der Waals surface area contributed by atoms with Crippen molar-refractivity contribution in [3.63, 3.8) is 0 Å². The Morgan fingerprint density at radius 2 is 2.00 bits per heavy atom. The molecular formula is C18H33IN4O3. The molecule has 2 aliphatic heterocycles.